The van der Waals surface area contributed by atoms with Crippen LogP contribution in [-0.4, -0.2) is 25.6 Å². The van der Waals surface area contributed by atoms with E-state index in [9.17, 15) is 0 Å². The molecule has 0 aromatic heterocycles. The summed E-state index contributed by atoms with van der Waals surface area (Å²) in [5, 5.41) is 15.8. The third-order valence-electron chi connectivity index (χ3n) is 2.68. The van der Waals surface area contributed by atoms with Gasteiger partial charge in [0, 0.05) is 18.1 Å². The van der Waals surface area contributed by atoms with Crippen LogP contribution in [0.15, 0.2) is 16.6 Å². The van der Waals surface area contributed by atoms with Gasteiger partial charge in [-0.3, -0.25) is 4.99 Å². The third-order valence-corrected chi connectivity index (χ3v) is 2.81. The van der Waals surface area contributed by atoms with Gasteiger partial charge >= 0.3 is 0 Å². The van der Waals surface area contributed by atoms with Crippen LogP contribution >= 0.6 is 35.6 Å². The Bertz CT molecular complexity index is 324. The van der Waals surface area contributed by atoms with Crippen LogP contribution in [0, 0.1) is 17.2 Å². The Morgan fingerprint density at radius 1 is 1.59 bits per heavy atom. The number of nitrogens with one attached hydrogen (secondary N) is 2. The standard InChI is InChI=1S/C11H17ClN4.HI/c1-8(12)7-15-11(14-2)16-10-5-3-4-9(10)6-13;/h9-10H,1,3-5,7H2,2H3,(H2,14,15,16);1H. The first-order valence-electron chi connectivity index (χ1n) is 5.37. The second kappa shape index (κ2) is 8.59. The van der Waals surface area contributed by atoms with Crippen molar-refractivity contribution in [2.75, 3.05) is 13.6 Å². The van der Waals surface area contributed by atoms with Crippen LogP contribution in [-0.2, 0) is 0 Å². The van der Waals surface area contributed by atoms with Crippen LogP contribution in [0.1, 0.15) is 19.3 Å². The summed E-state index contributed by atoms with van der Waals surface area (Å²) >= 11 is 5.66. The number of hydrogen-bond donors (Lipinski definition) is 2. The molecule has 0 saturated heterocycles. The molecule has 0 aromatic carbocycles. The van der Waals surface area contributed by atoms with Crippen molar-refractivity contribution in [3.8, 4) is 6.07 Å². The molecule has 0 amide bonds. The van der Waals surface area contributed by atoms with Crippen molar-refractivity contribution < 1.29 is 0 Å². The first-order valence-corrected chi connectivity index (χ1v) is 5.75. The van der Waals surface area contributed by atoms with Crippen molar-refractivity contribution in [3.05, 3.63) is 11.6 Å². The fraction of sp³-hybridized carbons (Fsp3) is 0.636. The van der Waals surface area contributed by atoms with Gasteiger partial charge < -0.3 is 10.6 Å². The molecule has 0 spiro atoms. The van der Waals surface area contributed by atoms with E-state index in [-0.39, 0.29) is 35.9 Å². The van der Waals surface area contributed by atoms with Gasteiger partial charge in [-0.1, -0.05) is 18.2 Å². The van der Waals surface area contributed by atoms with Crippen LogP contribution < -0.4 is 10.6 Å². The Kier molecular flexibility index (Phi) is 8.35. The minimum absolute atomic E-state index is 0. The number of aliphatic imine (C=N–C) groups is 1. The number of hydrogen-bond acceptors (Lipinski definition) is 2. The summed E-state index contributed by atoms with van der Waals surface area (Å²) in [4.78, 5) is 4.08. The summed E-state index contributed by atoms with van der Waals surface area (Å²) in [6, 6.07) is 2.51. The molecule has 1 aliphatic rings. The van der Waals surface area contributed by atoms with E-state index >= 15 is 0 Å². The van der Waals surface area contributed by atoms with Gasteiger partial charge in [-0.05, 0) is 19.3 Å². The van der Waals surface area contributed by atoms with Crippen LogP contribution in [0.25, 0.3) is 0 Å². The Balaban J connectivity index is 0.00000256. The zero-order valence-corrected chi connectivity index (χ0v) is 13.0. The average molecular weight is 369 g/mol. The molecule has 2 N–H and O–H groups in total. The molecule has 4 nitrogen and oxygen atoms in total. The van der Waals surface area contributed by atoms with Crippen molar-refractivity contribution in [1.29, 1.82) is 5.26 Å². The molecule has 2 unspecified atom stereocenters. The topological polar surface area (TPSA) is 60.2 Å². The first-order chi connectivity index (χ1) is 7.67. The lowest BCUT2D eigenvalue weighted by Gasteiger charge is -2.19. The lowest BCUT2D eigenvalue weighted by molar-refractivity contribution is 0.534. The molecule has 1 aliphatic carbocycles. The van der Waals surface area contributed by atoms with Gasteiger partial charge in [-0.25, -0.2) is 0 Å². The predicted octanol–water partition coefficient (Wildman–Crippen LogP) is 2.21. The smallest absolute Gasteiger partial charge is 0.191 e. The van der Waals surface area contributed by atoms with Crippen LogP contribution in [0.4, 0.5) is 0 Å². The van der Waals surface area contributed by atoms with Crippen LogP contribution in [0.3, 0.4) is 0 Å². The van der Waals surface area contributed by atoms with Crippen LogP contribution in [0.2, 0.25) is 0 Å². The Hall–Kier alpha value is -0.480. The van der Waals surface area contributed by atoms with Crippen molar-refractivity contribution in [2.24, 2.45) is 10.9 Å². The minimum Gasteiger partial charge on any atom is -0.352 e. The maximum Gasteiger partial charge on any atom is 0.191 e. The molecule has 96 valence electrons. The number of nitriles is 1. The Morgan fingerprint density at radius 2 is 2.29 bits per heavy atom. The van der Waals surface area contributed by atoms with Gasteiger partial charge in [-0.15, -0.1) is 24.0 Å². The highest BCUT2D eigenvalue weighted by Crippen LogP contribution is 2.24. The predicted molar refractivity (Wildman–Crippen MR) is 81.6 cm³/mol. The van der Waals surface area contributed by atoms with Gasteiger partial charge in [0.25, 0.3) is 0 Å². The van der Waals surface area contributed by atoms with Gasteiger partial charge in [0.15, 0.2) is 5.96 Å². The molecule has 2 atom stereocenters. The largest absolute Gasteiger partial charge is 0.352 e. The highest BCUT2D eigenvalue weighted by molar-refractivity contribution is 14.0. The molecule has 0 aromatic rings. The van der Waals surface area contributed by atoms with E-state index in [0.717, 1.165) is 19.3 Å². The second-order valence-electron chi connectivity index (χ2n) is 3.86. The second-order valence-corrected chi connectivity index (χ2v) is 4.39. The van der Waals surface area contributed by atoms with Gasteiger partial charge in [0.2, 0.25) is 0 Å². The minimum atomic E-state index is 0. The molecule has 0 radical (unpaired) electrons. The van der Waals surface area contributed by atoms with E-state index in [1.807, 2.05) is 0 Å². The average Bonchev–Trinajstić information content (AvgIpc) is 2.70. The molecule has 0 bridgehead atoms. The van der Waals surface area contributed by atoms with E-state index < -0.39 is 0 Å². The SMILES string of the molecule is C=C(Cl)CNC(=NC)NC1CCCC1C#N.I. The van der Waals surface area contributed by atoms with E-state index in [4.69, 9.17) is 16.9 Å². The zero-order chi connectivity index (χ0) is 12.0. The molecule has 17 heavy (non-hydrogen) atoms. The van der Waals surface area contributed by atoms with Gasteiger partial charge in [-0.2, -0.15) is 5.26 Å². The van der Waals surface area contributed by atoms with E-state index in [1.165, 1.54) is 0 Å². The quantitative estimate of drug-likeness (QED) is 0.456. The van der Waals surface area contributed by atoms with Crippen LogP contribution in [0.5, 0.6) is 0 Å². The Labute approximate surface area is 125 Å². The maximum absolute atomic E-state index is 8.95. The molecular formula is C11H18ClIN4. The maximum atomic E-state index is 8.95. The molecular weight excluding hydrogens is 351 g/mol. The lowest BCUT2D eigenvalue weighted by Crippen LogP contribution is -2.45. The van der Waals surface area contributed by atoms with Crippen molar-refractivity contribution in [2.45, 2.75) is 25.3 Å². The van der Waals surface area contributed by atoms with Crippen molar-refractivity contribution >= 4 is 41.5 Å². The summed E-state index contributed by atoms with van der Waals surface area (Å²) in [6.07, 6.45) is 3.07. The summed E-state index contributed by atoms with van der Waals surface area (Å²) < 4.78 is 0. The first kappa shape index (κ1) is 16.5. The molecule has 1 fully saturated rings. The van der Waals surface area contributed by atoms with E-state index in [2.05, 4.69) is 28.3 Å². The Morgan fingerprint density at radius 3 is 2.82 bits per heavy atom. The molecule has 1 rings (SSSR count). The monoisotopic (exact) mass is 368 g/mol. The zero-order valence-electron chi connectivity index (χ0n) is 9.87. The van der Waals surface area contributed by atoms with E-state index in [1.54, 1.807) is 7.05 Å². The summed E-state index contributed by atoms with van der Waals surface area (Å²) in [7, 11) is 1.70. The summed E-state index contributed by atoms with van der Waals surface area (Å²) in [6.45, 7) is 4.07. The van der Waals surface area contributed by atoms with Gasteiger partial charge in [0.05, 0.1) is 18.5 Å². The van der Waals surface area contributed by atoms with Crippen molar-refractivity contribution in [1.82, 2.24) is 10.6 Å². The number of guanidine groups is 1. The lowest BCUT2D eigenvalue weighted by atomic mass is 10.1. The summed E-state index contributed by atoms with van der Waals surface area (Å²) in [5.41, 5.74) is 0. The number of halogens is 2. The fourth-order valence-electron chi connectivity index (χ4n) is 1.84. The molecule has 0 heterocycles. The highest BCUT2D eigenvalue weighted by Gasteiger charge is 2.27. The van der Waals surface area contributed by atoms with Crippen molar-refractivity contribution in [3.63, 3.8) is 0 Å². The van der Waals surface area contributed by atoms with E-state index in [0.29, 0.717) is 17.5 Å². The summed E-state index contributed by atoms with van der Waals surface area (Å²) in [5.74, 6) is 0.756. The molecule has 6 heteroatoms. The third kappa shape index (κ3) is 5.59. The number of nitrogens with zero attached hydrogens (tertiary/aromatic N) is 2. The van der Waals surface area contributed by atoms with Gasteiger partial charge in [0.1, 0.15) is 0 Å². The molecule has 1 saturated carbocycles. The normalized spacial score (nSPS) is 23.5. The molecule has 0 aliphatic heterocycles. The fourth-order valence-corrected chi connectivity index (χ4v) is 1.90. The number of rotatable bonds is 3. The highest BCUT2D eigenvalue weighted by atomic mass is 127.